The molecule has 2 aromatic heterocycles. The fourth-order valence-electron chi connectivity index (χ4n) is 4.62. The fourth-order valence-corrected chi connectivity index (χ4v) is 4.80. The zero-order chi connectivity index (χ0) is 30.5. The number of aromatic nitrogens is 6. The SMILES string of the molecule is COC(=O)Cc1ccc2c(c1)NC(=O)CC(O)C(O)C[C@H](NC(=O)/C=C/c1cc(Cl)ccc1-n1cnnn1)c1ncc-2[nH]1. The molecule has 0 spiro atoms. The van der Waals surface area contributed by atoms with Gasteiger partial charge in [0.1, 0.15) is 12.2 Å². The van der Waals surface area contributed by atoms with Crippen molar-refractivity contribution in [3.8, 4) is 16.9 Å². The predicted molar refractivity (Wildman–Crippen MR) is 154 cm³/mol. The second-order valence-electron chi connectivity index (χ2n) is 9.79. The van der Waals surface area contributed by atoms with Crippen molar-refractivity contribution < 1.29 is 29.3 Å². The van der Waals surface area contributed by atoms with Gasteiger partial charge in [-0.2, -0.15) is 4.68 Å². The molecule has 5 N–H and O–H groups in total. The standard InChI is InChI=1S/C28H27ClN8O6/c1-43-27(42)9-15-2-5-18-19(8-15)32-26(41)12-24(39)23(38)11-20(28-30-13-21(18)34-28)33-25(40)7-3-16-10-17(29)4-6-22(16)37-14-31-35-36-37/h2-8,10,13-14,20,23-24,38-39H,9,11-12H2,1H3,(H,30,34)(H,32,41)(H,33,40)/b7-3+/t20-,23?,24?/m0/s1. The number of tetrazole rings is 1. The first-order chi connectivity index (χ1) is 20.7. The van der Waals surface area contributed by atoms with E-state index in [0.717, 1.165) is 0 Å². The molecule has 0 aliphatic carbocycles. The van der Waals surface area contributed by atoms with E-state index >= 15 is 0 Å². The molecule has 2 bridgehead atoms. The molecule has 222 valence electrons. The van der Waals surface area contributed by atoms with Gasteiger partial charge in [0.25, 0.3) is 0 Å². The molecule has 1 aliphatic rings. The van der Waals surface area contributed by atoms with Crippen LogP contribution in [0.4, 0.5) is 5.69 Å². The topological polar surface area (TPSA) is 197 Å². The molecule has 0 saturated carbocycles. The van der Waals surface area contributed by atoms with Gasteiger partial charge in [-0.25, -0.2) is 4.98 Å². The first-order valence-electron chi connectivity index (χ1n) is 13.1. The summed E-state index contributed by atoms with van der Waals surface area (Å²) in [6.07, 6.45) is 2.39. The molecule has 2 aromatic carbocycles. The van der Waals surface area contributed by atoms with Crippen LogP contribution in [0.15, 0.2) is 55.0 Å². The average molecular weight is 607 g/mol. The first kappa shape index (κ1) is 29.6. The highest BCUT2D eigenvalue weighted by atomic mass is 35.5. The van der Waals surface area contributed by atoms with Gasteiger partial charge in [0.15, 0.2) is 0 Å². The fraction of sp³-hybridized carbons (Fsp3) is 0.250. The number of methoxy groups -OCH3 is 1. The number of esters is 1. The molecule has 43 heavy (non-hydrogen) atoms. The van der Waals surface area contributed by atoms with Crippen LogP contribution in [0.3, 0.4) is 0 Å². The zero-order valence-corrected chi connectivity index (χ0v) is 23.5. The van der Waals surface area contributed by atoms with Crippen LogP contribution in [-0.4, -0.2) is 77.5 Å². The summed E-state index contributed by atoms with van der Waals surface area (Å²) in [4.78, 5) is 45.2. The van der Waals surface area contributed by atoms with E-state index in [0.29, 0.717) is 44.6 Å². The number of fused-ring (bicyclic) bond motifs is 4. The van der Waals surface area contributed by atoms with Gasteiger partial charge >= 0.3 is 5.97 Å². The smallest absolute Gasteiger partial charge is 0.309 e. The summed E-state index contributed by atoms with van der Waals surface area (Å²) in [5, 5.41) is 38.5. The number of benzene rings is 2. The quantitative estimate of drug-likeness (QED) is 0.159. The van der Waals surface area contributed by atoms with Crippen LogP contribution in [0.1, 0.15) is 35.8 Å². The number of hydrogen-bond acceptors (Lipinski definition) is 10. The summed E-state index contributed by atoms with van der Waals surface area (Å²) < 4.78 is 6.16. The van der Waals surface area contributed by atoms with Crippen molar-refractivity contribution in [1.82, 2.24) is 35.5 Å². The van der Waals surface area contributed by atoms with Gasteiger partial charge in [-0.3, -0.25) is 14.4 Å². The molecule has 3 heterocycles. The van der Waals surface area contributed by atoms with Gasteiger partial charge in [0.2, 0.25) is 11.8 Å². The number of H-pyrrole nitrogens is 1. The maximum atomic E-state index is 13.1. The van der Waals surface area contributed by atoms with Crippen LogP contribution < -0.4 is 10.6 Å². The number of nitrogens with one attached hydrogen (secondary N) is 3. The first-order valence-corrected chi connectivity index (χ1v) is 13.5. The zero-order valence-electron chi connectivity index (χ0n) is 22.8. The Bertz CT molecular complexity index is 1670. The molecular weight excluding hydrogens is 580 g/mol. The van der Waals surface area contributed by atoms with Crippen LogP contribution in [0, 0.1) is 0 Å². The lowest BCUT2D eigenvalue weighted by atomic mass is 10.0. The third-order valence-corrected chi connectivity index (χ3v) is 7.02. The molecule has 15 heteroatoms. The number of rotatable bonds is 6. The summed E-state index contributed by atoms with van der Waals surface area (Å²) in [7, 11) is 1.28. The molecule has 4 aromatic rings. The number of carbonyl (C=O) groups excluding carboxylic acids is 3. The van der Waals surface area contributed by atoms with Crippen molar-refractivity contribution >= 4 is 41.1 Å². The van der Waals surface area contributed by atoms with E-state index in [9.17, 15) is 24.6 Å². The normalized spacial score (nSPS) is 18.7. The molecule has 1 aliphatic heterocycles. The highest BCUT2D eigenvalue weighted by molar-refractivity contribution is 6.30. The largest absolute Gasteiger partial charge is 0.469 e. The van der Waals surface area contributed by atoms with Crippen molar-refractivity contribution in [3.63, 3.8) is 0 Å². The van der Waals surface area contributed by atoms with Gasteiger partial charge in [0, 0.05) is 28.6 Å². The summed E-state index contributed by atoms with van der Waals surface area (Å²) in [5.41, 5.74) is 3.21. The molecule has 5 rings (SSSR count). The number of hydrogen-bond donors (Lipinski definition) is 5. The lowest BCUT2D eigenvalue weighted by molar-refractivity contribution is -0.139. The van der Waals surface area contributed by atoms with Gasteiger partial charge in [-0.1, -0.05) is 23.7 Å². The number of carbonyl (C=O) groups is 3. The number of anilines is 1. The Morgan fingerprint density at radius 2 is 2.05 bits per heavy atom. The van der Waals surface area contributed by atoms with Gasteiger partial charge < -0.3 is 30.6 Å². The Hall–Kier alpha value is -4.92. The summed E-state index contributed by atoms with van der Waals surface area (Å²) in [5.74, 6) is -1.20. The minimum atomic E-state index is -1.43. The van der Waals surface area contributed by atoms with Crippen LogP contribution in [-0.2, 0) is 25.5 Å². The average Bonchev–Trinajstić information content (AvgIpc) is 3.68. The Balaban J connectivity index is 1.43. The maximum Gasteiger partial charge on any atom is 0.309 e. The van der Waals surface area contributed by atoms with E-state index in [2.05, 4.69) is 36.1 Å². The van der Waals surface area contributed by atoms with Crippen molar-refractivity contribution in [2.45, 2.75) is 37.5 Å². The van der Waals surface area contributed by atoms with Gasteiger partial charge in [-0.15, -0.1) is 5.10 Å². The van der Waals surface area contributed by atoms with Crippen molar-refractivity contribution in [2.75, 3.05) is 12.4 Å². The van der Waals surface area contributed by atoms with E-state index in [1.54, 1.807) is 42.5 Å². The van der Waals surface area contributed by atoms with Crippen molar-refractivity contribution in [3.05, 3.63) is 77.0 Å². The number of aliphatic hydroxyl groups excluding tert-OH is 2. The number of aromatic amines is 1. The highest BCUT2D eigenvalue weighted by Gasteiger charge is 2.28. The second kappa shape index (κ2) is 12.9. The maximum absolute atomic E-state index is 13.1. The minimum Gasteiger partial charge on any atom is -0.469 e. The predicted octanol–water partition coefficient (Wildman–Crippen LogP) is 1.75. The molecule has 14 nitrogen and oxygen atoms in total. The van der Waals surface area contributed by atoms with E-state index in [4.69, 9.17) is 16.3 Å². The number of halogens is 1. The van der Waals surface area contributed by atoms with Gasteiger partial charge in [-0.05, 0) is 46.3 Å². The molecular formula is C28H27ClN8O6. The third kappa shape index (κ3) is 7.12. The molecule has 3 atom stereocenters. The highest BCUT2D eigenvalue weighted by Crippen LogP contribution is 2.31. The Kier molecular flexibility index (Phi) is 8.90. The minimum absolute atomic E-state index is 0.0107. The van der Waals surface area contributed by atoms with Crippen LogP contribution in [0.5, 0.6) is 0 Å². The lowest BCUT2D eigenvalue weighted by Crippen LogP contribution is -2.36. The summed E-state index contributed by atoms with van der Waals surface area (Å²) in [6, 6.07) is 9.22. The molecule has 2 unspecified atom stereocenters. The Labute approximate surface area is 249 Å². The number of nitrogens with zero attached hydrogens (tertiary/aromatic N) is 5. The number of amides is 2. The summed E-state index contributed by atoms with van der Waals surface area (Å²) in [6.45, 7) is 0. The van der Waals surface area contributed by atoms with Crippen LogP contribution in [0.25, 0.3) is 23.0 Å². The van der Waals surface area contributed by atoms with Crippen LogP contribution >= 0.6 is 11.6 Å². The van der Waals surface area contributed by atoms with Crippen molar-refractivity contribution in [2.24, 2.45) is 0 Å². The lowest BCUT2D eigenvalue weighted by Gasteiger charge is -2.24. The Morgan fingerprint density at radius 1 is 1.21 bits per heavy atom. The number of aliphatic hydroxyl groups is 2. The molecule has 0 fully saturated rings. The molecule has 2 amide bonds. The Morgan fingerprint density at radius 3 is 2.81 bits per heavy atom. The van der Waals surface area contributed by atoms with Gasteiger partial charge in [0.05, 0.1) is 61.5 Å². The van der Waals surface area contributed by atoms with E-state index in [1.165, 1.54) is 30.4 Å². The van der Waals surface area contributed by atoms with Crippen molar-refractivity contribution in [1.29, 1.82) is 0 Å². The molecule has 0 radical (unpaired) electrons. The van der Waals surface area contributed by atoms with E-state index in [-0.39, 0.29) is 12.8 Å². The summed E-state index contributed by atoms with van der Waals surface area (Å²) >= 11 is 6.17. The van der Waals surface area contributed by atoms with Crippen LogP contribution in [0.2, 0.25) is 5.02 Å². The molecule has 0 saturated heterocycles. The number of ether oxygens (including phenoxy) is 1. The second-order valence-corrected chi connectivity index (χ2v) is 10.2. The van der Waals surface area contributed by atoms with E-state index < -0.39 is 42.5 Å². The van der Waals surface area contributed by atoms with E-state index in [1.807, 2.05) is 0 Å². The third-order valence-electron chi connectivity index (χ3n) is 6.78. The monoisotopic (exact) mass is 606 g/mol. The number of imidazole rings is 1.